The Hall–Kier alpha value is -1.82. The summed E-state index contributed by atoms with van der Waals surface area (Å²) >= 11 is 0. The van der Waals surface area contributed by atoms with Gasteiger partial charge in [0.25, 0.3) is 6.02 Å². The second-order valence-electron chi connectivity index (χ2n) is 7.30. The highest BCUT2D eigenvalue weighted by Crippen LogP contribution is 2.33. The zero-order valence-electron chi connectivity index (χ0n) is 15.2. The van der Waals surface area contributed by atoms with E-state index < -0.39 is 10.8 Å². The van der Waals surface area contributed by atoms with E-state index in [1.165, 1.54) is 37.7 Å². The number of rotatable bonds is 5. The Labute approximate surface area is 157 Å². The van der Waals surface area contributed by atoms with E-state index in [1.807, 2.05) is 4.90 Å². The topological polar surface area (TPSA) is 51.1 Å². The largest absolute Gasteiger partial charge is 0.490 e. The van der Waals surface area contributed by atoms with Gasteiger partial charge in [-0.1, -0.05) is 31.4 Å². The maximum atomic E-state index is 11.6. The third-order valence-corrected chi connectivity index (χ3v) is 6.37. The summed E-state index contributed by atoms with van der Waals surface area (Å²) in [5.74, 6) is 1.60. The molecule has 1 saturated carbocycles. The Morgan fingerprint density at radius 1 is 1.23 bits per heavy atom. The molecular weight excluding hydrogens is 348 g/mol. The Bertz CT molecular complexity index is 723. The molecule has 2 heterocycles. The summed E-state index contributed by atoms with van der Waals surface area (Å²) in [5.41, 5.74) is 1.44. The van der Waals surface area contributed by atoms with Crippen LogP contribution in [0.4, 0.5) is 0 Å². The van der Waals surface area contributed by atoms with Crippen LogP contribution in [0.25, 0.3) is 0 Å². The maximum Gasteiger partial charge on any atom is 0.292 e. The number of benzene rings is 1. The maximum absolute atomic E-state index is 11.6. The van der Waals surface area contributed by atoms with Crippen molar-refractivity contribution in [2.45, 2.75) is 44.1 Å². The van der Waals surface area contributed by atoms with Crippen LogP contribution in [0.3, 0.4) is 0 Å². The first kappa shape index (κ1) is 17.6. The van der Waals surface area contributed by atoms with Crippen LogP contribution in [0.5, 0.6) is 5.75 Å². The van der Waals surface area contributed by atoms with Crippen LogP contribution in [-0.4, -0.2) is 47.2 Å². The molecule has 0 radical (unpaired) electrons. The van der Waals surface area contributed by atoms with Crippen LogP contribution in [0, 0.1) is 0 Å². The third kappa shape index (κ3) is 3.95. The fourth-order valence-electron chi connectivity index (χ4n) is 3.90. The number of aliphatic imine (C=N–C) groups is 1. The first-order valence-electron chi connectivity index (χ1n) is 9.43. The number of fused-ring (bicyclic) bond motifs is 1. The van der Waals surface area contributed by atoms with Crippen LogP contribution >= 0.6 is 0 Å². The first-order chi connectivity index (χ1) is 12.7. The van der Waals surface area contributed by atoms with Crippen molar-refractivity contribution in [1.82, 2.24) is 4.90 Å². The van der Waals surface area contributed by atoms with E-state index in [2.05, 4.69) is 29.3 Å². The van der Waals surface area contributed by atoms with Crippen LogP contribution in [0.15, 0.2) is 40.4 Å². The highest BCUT2D eigenvalue weighted by molar-refractivity contribution is 7.88. The number of amidine groups is 1. The number of nitrogens with zero attached hydrogens (tertiary/aromatic N) is 2. The van der Waals surface area contributed by atoms with Gasteiger partial charge >= 0.3 is 0 Å². The third-order valence-electron chi connectivity index (χ3n) is 5.39. The van der Waals surface area contributed by atoms with Crippen molar-refractivity contribution in [3.8, 4) is 5.75 Å². The van der Waals surface area contributed by atoms with E-state index in [0.717, 1.165) is 16.6 Å². The molecule has 1 aliphatic carbocycles. The minimum absolute atomic E-state index is 0.0511. The van der Waals surface area contributed by atoms with Crippen LogP contribution in [-0.2, 0) is 15.5 Å². The molecule has 5 nitrogen and oxygen atoms in total. The highest BCUT2D eigenvalue weighted by atomic mass is 32.2. The lowest BCUT2D eigenvalue weighted by Gasteiger charge is -2.22. The average Bonchev–Trinajstić information content (AvgIpc) is 3.09. The summed E-state index contributed by atoms with van der Waals surface area (Å²) in [6.07, 6.45) is 10.0. The molecule has 1 unspecified atom stereocenters. The Kier molecular flexibility index (Phi) is 5.29. The van der Waals surface area contributed by atoms with Crippen molar-refractivity contribution in [3.63, 3.8) is 0 Å². The van der Waals surface area contributed by atoms with Gasteiger partial charge in [0.1, 0.15) is 12.4 Å². The van der Waals surface area contributed by atoms with E-state index in [1.54, 1.807) is 12.5 Å². The molecule has 6 heteroatoms. The van der Waals surface area contributed by atoms with Crippen molar-refractivity contribution >= 4 is 16.8 Å². The lowest BCUT2D eigenvalue weighted by atomic mass is 9.84. The lowest BCUT2D eigenvalue weighted by Crippen LogP contribution is -2.32. The van der Waals surface area contributed by atoms with Gasteiger partial charge in [-0.2, -0.15) is 0 Å². The van der Waals surface area contributed by atoms with E-state index >= 15 is 0 Å². The monoisotopic (exact) mass is 374 g/mol. The second kappa shape index (κ2) is 7.82. The molecule has 1 aromatic carbocycles. The zero-order valence-corrected chi connectivity index (χ0v) is 16.0. The Morgan fingerprint density at radius 2 is 2.00 bits per heavy atom. The van der Waals surface area contributed by atoms with Crippen LogP contribution < -0.4 is 4.74 Å². The van der Waals surface area contributed by atoms with Crippen molar-refractivity contribution in [2.75, 3.05) is 26.0 Å². The van der Waals surface area contributed by atoms with E-state index in [0.29, 0.717) is 25.7 Å². The molecule has 1 aromatic rings. The van der Waals surface area contributed by atoms with Gasteiger partial charge in [-0.15, -0.1) is 0 Å². The highest BCUT2D eigenvalue weighted by Gasteiger charge is 2.32. The van der Waals surface area contributed by atoms with Gasteiger partial charge in [0, 0.05) is 23.3 Å². The molecule has 0 spiro atoms. The van der Waals surface area contributed by atoms with E-state index in [9.17, 15) is 4.21 Å². The van der Waals surface area contributed by atoms with Crippen molar-refractivity contribution < 1.29 is 13.7 Å². The average molecular weight is 375 g/mol. The summed E-state index contributed by atoms with van der Waals surface area (Å²) in [4.78, 5) is 7.13. The van der Waals surface area contributed by atoms with Gasteiger partial charge in [0.2, 0.25) is 0 Å². The number of hydrogen-bond acceptors (Lipinski definition) is 5. The predicted molar refractivity (Wildman–Crippen MR) is 104 cm³/mol. The van der Waals surface area contributed by atoms with Crippen molar-refractivity contribution in [2.24, 2.45) is 4.99 Å². The zero-order chi connectivity index (χ0) is 17.9. The van der Waals surface area contributed by atoms with Gasteiger partial charge in [-0.05, 0) is 36.5 Å². The normalized spacial score (nSPS) is 24.3. The molecule has 1 saturated heterocycles. The molecule has 140 valence electrons. The van der Waals surface area contributed by atoms with E-state index in [-0.39, 0.29) is 6.10 Å². The number of hydrogen-bond donors (Lipinski definition) is 0. The van der Waals surface area contributed by atoms with Gasteiger partial charge in [0.05, 0.1) is 18.0 Å². The quantitative estimate of drug-likeness (QED) is 0.793. The van der Waals surface area contributed by atoms with Gasteiger partial charge in [-0.3, -0.25) is 4.21 Å². The standard InChI is InChI=1S/C20H26N2O3S/c1-26(23)19-11-21-20-22(13-19)12-18(25-20)14-24-17-9-7-16(8-10-17)15-5-3-2-4-6-15/h7-11,15,18H,2-6,12-14H2,1H3/t18-,26?/m0/s1. The molecule has 0 aromatic heterocycles. The van der Waals surface area contributed by atoms with Crippen LogP contribution in [0.2, 0.25) is 0 Å². The molecule has 4 rings (SSSR count). The summed E-state index contributed by atoms with van der Waals surface area (Å²) < 4.78 is 23.4. The molecular formula is C20H26N2O3S. The molecule has 2 atom stereocenters. The second-order valence-corrected chi connectivity index (χ2v) is 8.73. The lowest BCUT2D eigenvalue weighted by molar-refractivity contribution is 0.146. The summed E-state index contributed by atoms with van der Waals surface area (Å²) in [5, 5.41) is 0. The molecule has 2 aliphatic heterocycles. The predicted octanol–water partition coefficient (Wildman–Crippen LogP) is 3.40. The fourth-order valence-corrected chi connectivity index (χ4v) is 4.44. The minimum Gasteiger partial charge on any atom is -0.490 e. The molecule has 3 aliphatic rings. The van der Waals surface area contributed by atoms with E-state index in [4.69, 9.17) is 9.47 Å². The summed E-state index contributed by atoms with van der Waals surface area (Å²) in [7, 11) is -0.985. The first-order valence-corrected chi connectivity index (χ1v) is 11.0. The smallest absolute Gasteiger partial charge is 0.292 e. The summed E-state index contributed by atoms with van der Waals surface area (Å²) in [6, 6.07) is 9.18. The molecule has 0 N–H and O–H groups in total. The summed E-state index contributed by atoms with van der Waals surface area (Å²) in [6.45, 7) is 1.82. The molecule has 2 fully saturated rings. The minimum atomic E-state index is -0.985. The van der Waals surface area contributed by atoms with Gasteiger partial charge in [-0.25, -0.2) is 4.99 Å². The molecule has 0 amide bonds. The van der Waals surface area contributed by atoms with Gasteiger partial charge in [0.15, 0.2) is 6.10 Å². The Morgan fingerprint density at radius 3 is 2.73 bits per heavy atom. The SMILES string of the molecule is CS(=O)C1=CN=C2O[C@H](COc3ccc(C4CCCCC4)cc3)CN2C1. The Balaban J connectivity index is 1.28. The number of ether oxygens (including phenoxy) is 2. The van der Waals surface area contributed by atoms with Crippen molar-refractivity contribution in [3.05, 3.63) is 40.9 Å². The fraction of sp³-hybridized carbons (Fsp3) is 0.550. The molecule has 26 heavy (non-hydrogen) atoms. The van der Waals surface area contributed by atoms with Crippen LogP contribution in [0.1, 0.15) is 43.6 Å². The van der Waals surface area contributed by atoms with Gasteiger partial charge < -0.3 is 14.4 Å². The molecule has 0 bridgehead atoms. The van der Waals surface area contributed by atoms with Crippen molar-refractivity contribution in [1.29, 1.82) is 0 Å².